The minimum Gasteiger partial charge on any atom is -0.0961 e. The molecule has 0 spiro atoms. The van der Waals surface area contributed by atoms with Gasteiger partial charge in [0.05, 0.1) is 0 Å². The summed E-state index contributed by atoms with van der Waals surface area (Å²) in [7, 11) is -0.0728. The fourth-order valence-corrected chi connectivity index (χ4v) is 3.77. The van der Waals surface area contributed by atoms with Crippen LogP contribution < -0.4 is 0 Å². The van der Waals surface area contributed by atoms with E-state index in [1.165, 1.54) is 44.7 Å². The van der Waals surface area contributed by atoms with Gasteiger partial charge in [-0.15, -0.1) is 0 Å². The Balaban J connectivity index is 1.85. The summed E-state index contributed by atoms with van der Waals surface area (Å²) < 4.78 is 0. The van der Waals surface area contributed by atoms with Crippen molar-refractivity contribution in [2.24, 2.45) is 0 Å². The van der Waals surface area contributed by atoms with Crippen molar-refractivity contribution < 1.29 is 0 Å². The molecule has 1 aliphatic carbocycles. The van der Waals surface area contributed by atoms with Crippen LogP contribution in [0.2, 0.25) is 0 Å². The van der Waals surface area contributed by atoms with Gasteiger partial charge in [-0.05, 0) is 38.4 Å². The fraction of sp³-hybridized carbons (Fsp3) is 1.00. The third-order valence-electron chi connectivity index (χ3n) is 2.17. The van der Waals surface area contributed by atoms with Crippen molar-refractivity contribution in [1.29, 1.82) is 0 Å². The van der Waals surface area contributed by atoms with Gasteiger partial charge in [-0.3, -0.25) is 0 Å². The van der Waals surface area contributed by atoms with Crippen molar-refractivity contribution in [3.05, 3.63) is 0 Å². The maximum atomic E-state index is 6.22. The lowest BCUT2D eigenvalue weighted by Gasteiger charge is -2.06. The second-order valence-corrected chi connectivity index (χ2v) is 6.69. The number of hydrogen-bond donors (Lipinski definition) is 0. The molecule has 0 aromatic heterocycles. The molecule has 1 rings (SSSR count). The van der Waals surface area contributed by atoms with E-state index in [9.17, 15) is 0 Å². The van der Waals surface area contributed by atoms with Crippen molar-refractivity contribution in [1.82, 2.24) is 0 Å². The van der Waals surface area contributed by atoms with Gasteiger partial charge in [0.25, 0.3) is 0 Å². The van der Waals surface area contributed by atoms with Crippen LogP contribution in [0, 0.1) is 0 Å². The normalized spacial score (nSPS) is 20.2. The van der Waals surface area contributed by atoms with Gasteiger partial charge in [-0.1, -0.05) is 37.4 Å². The molecule has 2 heteroatoms. The molecule has 0 amide bonds. The molecule has 11 heavy (non-hydrogen) atoms. The first-order valence-corrected chi connectivity index (χ1v) is 7.27. The van der Waals surface area contributed by atoms with Crippen LogP contribution in [0.4, 0.5) is 0 Å². The standard InChI is InChI=1S/C9H18ClP/c1-2-3-4-5-8-11(10)9-6-7-9/h9H,2-8H2,1H3. The van der Waals surface area contributed by atoms with Crippen LogP contribution >= 0.6 is 18.5 Å². The first kappa shape index (κ1) is 9.81. The van der Waals surface area contributed by atoms with E-state index >= 15 is 0 Å². The van der Waals surface area contributed by atoms with Crippen LogP contribution in [0.5, 0.6) is 0 Å². The monoisotopic (exact) mass is 192 g/mol. The zero-order valence-electron chi connectivity index (χ0n) is 7.35. The van der Waals surface area contributed by atoms with Crippen LogP contribution in [0.25, 0.3) is 0 Å². The summed E-state index contributed by atoms with van der Waals surface area (Å²) in [6.45, 7) is 2.25. The van der Waals surface area contributed by atoms with Gasteiger partial charge in [0.2, 0.25) is 0 Å². The molecule has 1 fully saturated rings. The molecule has 1 saturated carbocycles. The quantitative estimate of drug-likeness (QED) is 0.433. The summed E-state index contributed by atoms with van der Waals surface area (Å²) in [6, 6.07) is 0. The average Bonchev–Trinajstić information content (AvgIpc) is 2.79. The molecule has 1 atom stereocenters. The molecule has 0 aliphatic heterocycles. The van der Waals surface area contributed by atoms with Gasteiger partial charge in [0, 0.05) is 0 Å². The SMILES string of the molecule is CCCCCCP(Cl)C1CC1. The Morgan fingerprint density at radius 2 is 2.00 bits per heavy atom. The summed E-state index contributed by atoms with van der Waals surface area (Å²) >= 11 is 6.22. The Labute approximate surface area is 76.2 Å². The van der Waals surface area contributed by atoms with Crippen LogP contribution in [-0.4, -0.2) is 11.8 Å². The van der Waals surface area contributed by atoms with Crippen LogP contribution in [0.1, 0.15) is 45.4 Å². The number of unbranched alkanes of at least 4 members (excludes halogenated alkanes) is 3. The minimum absolute atomic E-state index is 0.0728. The Hall–Kier alpha value is 0.720. The van der Waals surface area contributed by atoms with E-state index in [4.69, 9.17) is 11.2 Å². The second kappa shape index (κ2) is 5.38. The summed E-state index contributed by atoms with van der Waals surface area (Å²) in [5.74, 6) is 0. The van der Waals surface area contributed by atoms with E-state index in [2.05, 4.69) is 6.92 Å². The maximum absolute atomic E-state index is 6.22. The molecule has 0 bridgehead atoms. The van der Waals surface area contributed by atoms with Crippen LogP contribution in [-0.2, 0) is 0 Å². The highest BCUT2D eigenvalue weighted by Crippen LogP contribution is 2.57. The van der Waals surface area contributed by atoms with Crippen LogP contribution in [0.15, 0.2) is 0 Å². The van der Waals surface area contributed by atoms with E-state index < -0.39 is 0 Å². The number of hydrogen-bond acceptors (Lipinski definition) is 0. The lowest BCUT2D eigenvalue weighted by molar-refractivity contribution is 0.705. The van der Waals surface area contributed by atoms with Gasteiger partial charge in [0.1, 0.15) is 0 Å². The first-order valence-electron chi connectivity index (χ1n) is 4.77. The van der Waals surface area contributed by atoms with Crippen molar-refractivity contribution >= 4 is 18.5 Å². The summed E-state index contributed by atoms with van der Waals surface area (Å²) in [6.07, 6.45) is 9.66. The molecule has 1 aliphatic rings. The molecule has 66 valence electrons. The second-order valence-electron chi connectivity index (χ2n) is 3.42. The molecule has 0 nitrogen and oxygen atoms in total. The molecule has 0 aromatic rings. The predicted molar refractivity (Wildman–Crippen MR) is 54.8 cm³/mol. The van der Waals surface area contributed by atoms with Crippen molar-refractivity contribution in [2.45, 2.75) is 51.1 Å². The first-order chi connectivity index (χ1) is 5.34. The maximum Gasteiger partial charge on any atom is -0.00656 e. The van der Waals surface area contributed by atoms with Gasteiger partial charge in [-0.25, -0.2) is 0 Å². The summed E-state index contributed by atoms with van der Waals surface area (Å²) in [5.41, 5.74) is 0.952. The van der Waals surface area contributed by atoms with E-state index in [0.29, 0.717) is 0 Å². The highest BCUT2D eigenvalue weighted by molar-refractivity contribution is 7.84. The smallest absolute Gasteiger partial charge is 0.00656 e. The Morgan fingerprint density at radius 3 is 2.55 bits per heavy atom. The largest absolute Gasteiger partial charge is 0.0961 e. The average molecular weight is 193 g/mol. The number of rotatable bonds is 6. The topological polar surface area (TPSA) is 0 Å². The Bertz CT molecular complexity index is 102. The third-order valence-corrected chi connectivity index (χ3v) is 5.56. The lowest BCUT2D eigenvalue weighted by Crippen LogP contribution is -1.84. The molecule has 0 aromatic carbocycles. The van der Waals surface area contributed by atoms with E-state index in [1.54, 1.807) is 0 Å². The molecule has 1 unspecified atom stereocenters. The molecular weight excluding hydrogens is 175 g/mol. The highest BCUT2D eigenvalue weighted by atomic mass is 35.7. The third kappa shape index (κ3) is 4.33. The van der Waals surface area contributed by atoms with E-state index in [0.717, 1.165) is 5.66 Å². The van der Waals surface area contributed by atoms with Crippen molar-refractivity contribution in [3.8, 4) is 0 Å². The van der Waals surface area contributed by atoms with Gasteiger partial charge in [0.15, 0.2) is 0 Å². The van der Waals surface area contributed by atoms with Gasteiger partial charge >= 0.3 is 0 Å². The minimum atomic E-state index is -0.0728. The zero-order valence-corrected chi connectivity index (χ0v) is 9.00. The van der Waals surface area contributed by atoms with Gasteiger partial charge in [-0.2, -0.15) is 0 Å². The number of halogens is 1. The summed E-state index contributed by atoms with van der Waals surface area (Å²) in [4.78, 5) is 0. The van der Waals surface area contributed by atoms with Crippen LogP contribution in [0.3, 0.4) is 0 Å². The molecule has 0 heterocycles. The molecular formula is C9H18ClP. The Kier molecular flexibility index (Phi) is 4.80. The van der Waals surface area contributed by atoms with Crippen molar-refractivity contribution in [3.63, 3.8) is 0 Å². The molecule has 0 saturated heterocycles. The lowest BCUT2D eigenvalue weighted by atomic mass is 10.2. The van der Waals surface area contributed by atoms with E-state index in [-0.39, 0.29) is 7.27 Å². The van der Waals surface area contributed by atoms with Gasteiger partial charge < -0.3 is 0 Å². The zero-order chi connectivity index (χ0) is 8.10. The highest BCUT2D eigenvalue weighted by Gasteiger charge is 2.28. The summed E-state index contributed by atoms with van der Waals surface area (Å²) in [5, 5.41) is 0. The molecule has 0 N–H and O–H groups in total. The predicted octanol–water partition coefficient (Wildman–Crippen LogP) is 4.36. The molecule has 0 radical (unpaired) electrons. The van der Waals surface area contributed by atoms with E-state index in [1.807, 2.05) is 0 Å². The fourth-order valence-electron chi connectivity index (χ4n) is 1.23. The Morgan fingerprint density at radius 1 is 1.27 bits per heavy atom. The van der Waals surface area contributed by atoms with Crippen molar-refractivity contribution in [2.75, 3.05) is 6.16 Å².